The Hall–Kier alpha value is -2.55. The van der Waals surface area contributed by atoms with Crippen LogP contribution in [0.3, 0.4) is 0 Å². The number of allylic oxidation sites excluding steroid dienone is 1. The highest BCUT2D eigenvalue weighted by Gasteiger charge is 2.17. The van der Waals surface area contributed by atoms with E-state index < -0.39 is 0 Å². The number of carbonyl (C=O) groups is 1. The number of fused-ring (bicyclic) bond motifs is 1. The van der Waals surface area contributed by atoms with Crippen LogP contribution in [0.5, 0.6) is 0 Å². The number of rotatable bonds is 9. The number of hydrogen-bond acceptors (Lipinski definition) is 6. The molecule has 8 heteroatoms. The van der Waals surface area contributed by atoms with Gasteiger partial charge in [-0.1, -0.05) is 23.9 Å². The van der Waals surface area contributed by atoms with Crippen molar-refractivity contribution in [3.63, 3.8) is 0 Å². The number of hydrogen-bond donors (Lipinski definition) is 0. The molecule has 4 rings (SSSR count). The van der Waals surface area contributed by atoms with E-state index in [0.29, 0.717) is 41.2 Å². The number of halogens is 1. The Morgan fingerprint density at radius 2 is 2.03 bits per heavy atom. The summed E-state index contributed by atoms with van der Waals surface area (Å²) in [4.78, 5) is 32.0. The number of nitrogens with zero attached hydrogens (tertiary/aromatic N) is 2. The summed E-state index contributed by atoms with van der Waals surface area (Å²) in [5.74, 6) is 0.265. The lowest BCUT2D eigenvalue weighted by atomic mass is 10.1. The smallest absolute Gasteiger partial charge is 0.263 e. The lowest BCUT2D eigenvalue weighted by molar-refractivity contribution is 0.0982. The molecule has 4 aromatic rings. The van der Waals surface area contributed by atoms with Crippen LogP contribution in [-0.2, 0) is 6.54 Å². The molecule has 0 amide bonds. The standard InChI is InChI=1S/C23H19FN2O2S3/c1-2-11-26-22(28)20-17(19-6-4-12-29-19)14-31-21(20)25-23(26)30-13-3-5-18(27)15-7-9-16(24)10-8-15/h2,4,6-10,12,14H,1,3,5,11,13H2. The maximum Gasteiger partial charge on any atom is 0.263 e. The Labute approximate surface area is 191 Å². The lowest BCUT2D eigenvalue weighted by Gasteiger charge is -2.10. The Morgan fingerprint density at radius 3 is 2.74 bits per heavy atom. The van der Waals surface area contributed by atoms with E-state index in [1.165, 1.54) is 47.4 Å². The van der Waals surface area contributed by atoms with Gasteiger partial charge < -0.3 is 0 Å². The molecule has 3 heterocycles. The molecule has 4 nitrogen and oxygen atoms in total. The molecule has 0 bridgehead atoms. The number of thiophene rings is 2. The van der Waals surface area contributed by atoms with E-state index in [9.17, 15) is 14.0 Å². The molecule has 0 aliphatic carbocycles. The minimum absolute atomic E-state index is 0.0219. The van der Waals surface area contributed by atoms with Gasteiger partial charge in [0.2, 0.25) is 0 Å². The Bertz CT molecular complexity index is 1270. The maximum atomic E-state index is 13.3. The summed E-state index contributed by atoms with van der Waals surface area (Å²) in [5.41, 5.74) is 1.36. The number of benzene rings is 1. The zero-order valence-electron chi connectivity index (χ0n) is 16.5. The molecule has 158 valence electrons. The van der Waals surface area contributed by atoms with Crippen LogP contribution in [0.15, 0.2) is 69.8 Å². The highest BCUT2D eigenvalue weighted by atomic mass is 32.2. The van der Waals surface area contributed by atoms with Crippen molar-refractivity contribution in [2.45, 2.75) is 24.5 Å². The molecule has 0 aliphatic rings. The van der Waals surface area contributed by atoms with Crippen molar-refractivity contribution in [2.75, 3.05) is 5.75 Å². The first-order valence-corrected chi connectivity index (χ1v) is 12.4. The average molecular weight is 471 g/mol. The van der Waals surface area contributed by atoms with Crippen molar-refractivity contribution >= 4 is 50.4 Å². The molecule has 0 saturated heterocycles. The topological polar surface area (TPSA) is 52.0 Å². The number of aromatic nitrogens is 2. The molecule has 0 radical (unpaired) electrons. The molecule has 0 aliphatic heterocycles. The van der Waals surface area contributed by atoms with Gasteiger partial charge in [-0.15, -0.1) is 29.3 Å². The van der Waals surface area contributed by atoms with Crippen molar-refractivity contribution in [3.8, 4) is 10.4 Å². The van der Waals surface area contributed by atoms with Gasteiger partial charge in [-0.25, -0.2) is 9.37 Å². The predicted molar refractivity (Wildman–Crippen MR) is 128 cm³/mol. The fourth-order valence-corrected chi connectivity index (χ4v) is 5.95. The van der Waals surface area contributed by atoms with E-state index in [-0.39, 0.29) is 17.2 Å². The van der Waals surface area contributed by atoms with Gasteiger partial charge in [-0.05, 0) is 42.1 Å². The fraction of sp³-hybridized carbons (Fsp3) is 0.174. The highest BCUT2D eigenvalue weighted by Crippen LogP contribution is 2.34. The highest BCUT2D eigenvalue weighted by molar-refractivity contribution is 7.99. The van der Waals surface area contributed by atoms with E-state index in [1.54, 1.807) is 22.0 Å². The van der Waals surface area contributed by atoms with Crippen molar-refractivity contribution in [1.82, 2.24) is 9.55 Å². The van der Waals surface area contributed by atoms with Crippen LogP contribution in [-0.4, -0.2) is 21.1 Å². The van der Waals surface area contributed by atoms with Crippen LogP contribution in [0.2, 0.25) is 0 Å². The van der Waals surface area contributed by atoms with Crippen LogP contribution in [0, 0.1) is 5.82 Å². The molecular weight excluding hydrogens is 451 g/mol. The fourth-order valence-electron chi connectivity index (χ4n) is 3.20. The predicted octanol–water partition coefficient (Wildman–Crippen LogP) is 6.27. The summed E-state index contributed by atoms with van der Waals surface area (Å²) < 4.78 is 14.7. The minimum Gasteiger partial charge on any atom is -0.294 e. The molecule has 0 N–H and O–H groups in total. The number of carbonyl (C=O) groups excluding carboxylic acids is 1. The summed E-state index contributed by atoms with van der Waals surface area (Å²) in [7, 11) is 0. The van der Waals surface area contributed by atoms with Gasteiger partial charge in [-0.3, -0.25) is 14.2 Å². The molecular formula is C23H19FN2O2S3. The first kappa shape index (κ1) is 21.7. The molecule has 0 spiro atoms. The molecule has 0 fully saturated rings. The van der Waals surface area contributed by atoms with Crippen LogP contribution in [0.4, 0.5) is 4.39 Å². The number of Topliss-reactive ketones (excluding diaryl/α,β-unsaturated/α-hetero) is 1. The molecule has 0 saturated carbocycles. The third-order valence-electron chi connectivity index (χ3n) is 4.70. The van der Waals surface area contributed by atoms with Crippen molar-refractivity contribution in [2.24, 2.45) is 0 Å². The number of thioether (sulfide) groups is 1. The Kier molecular flexibility index (Phi) is 6.80. The average Bonchev–Trinajstić information content (AvgIpc) is 3.44. The first-order chi connectivity index (χ1) is 15.1. The van der Waals surface area contributed by atoms with E-state index in [4.69, 9.17) is 4.98 Å². The quantitative estimate of drug-likeness (QED) is 0.0951. The van der Waals surface area contributed by atoms with E-state index in [0.717, 1.165) is 15.3 Å². The summed E-state index contributed by atoms with van der Waals surface area (Å²) in [5, 5.41) is 5.25. The number of ketones is 1. The van der Waals surface area contributed by atoms with Gasteiger partial charge in [0.05, 0.1) is 5.39 Å². The van der Waals surface area contributed by atoms with Gasteiger partial charge in [-0.2, -0.15) is 0 Å². The summed E-state index contributed by atoms with van der Waals surface area (Å²) in [6, 6.07) is 9.57. The van der Waals surface area contributed by atoms with Crippen LogP contribution < -0.4 is 5.56 Å². The molecule has 3 aromatic heterocycles. The molecule has 1 aromatic carbocycles. The third kappa shape index (κ3) is 4.71. The maximum absolute atomic E-state index is 13.3. The lowest BCUT2D eigenvalue weighted by Crippen LogP contribution is -2.22. The molecule has 0 unspecified atom stereocenters. The van der Waals surface area contributed by atoms with Gasteiger partial charge in [0.1, 0.15) is 10.6 Å². The zero-order valence-corrected chi connectivity index (χ0v) is 19.0. The molecule has 31 heavy (non-hydrogen) atoms. The summed E-state index contributed by atoms with van der Waals surface area (Å²) in [6.45, 7) is 4.15. The van der Waals surface area contributed by atoms with Crippen LogP contribution >= 0.6 is 34.4 Å². The van der Waals surface area contributed by atoms with Gasteiger partial charge in [0.25, 0.3) is 5.56 Å². The van der Waals surface area contributed by atoms with E-state index in [1.807, 2.05) is 22.9 Å². The van der Waals surface area contributed by atoms with Gasteiger partial charge >= 0.3 is 0 Å². The second-order valence-corrected chi connectivity index (χ2v) is 9.66. The third-order valence-corrected chi connectivity index (χ3v) is 7.54. The van der Waals surface area contributed by atoms with Crippen molar-refractivity contribution in [3.05, 3.63) is 81.5 Å². The Balaban J connectivity index is 1.51. The van der Waals surface area contributed by atoms with Crippen LogP contribution in [0.1, 0.15) is 23.2 Å². The monoisotopic (exact) mass is 470 g/mol. The van der Waals surface area contributed by atoms with Crippen molar-refractivity contribution in [1.29, 1.82) is 0 Å². The molecule has 0 atom stereocenters. The largest absolute Gasteiger partial charge is 0.294 e. The Morgan fingerprint density at radius 1 is 1.23 bits per heavy atom. The summed E-state index contributed by atoms with van der Waals surface area (Å²) >= 11 is 4.53. The normalized spacial score (nSPS) is 11.1. The van der Waals surface area contributed by atoms with Crippen molar-refractivity contribution < 1.29 is 9.18 Å². The minimum atomic E-state index is -0.357. The second-order valence-electron chi connectivity index (χ2n) is 6.79. The zero-order chi connectivity index (χ0) is 21.8. The second kappa shape index (κ2) is 9.72. The van der Waals surface area contributed by atoms with Gasteiger partial charge in [0, 0.05) is 40.1 Å². The first-order valence-electron chi connectivity index (χ1n) is 9.67. The van der Waals surface area contributed by atoms with E-state index in [2.05, 4.69) is 6.58 Å². The van der Waals surface area contributed by atoms with Gasteiger partial charge in [0.15, 0.2) is 10.9 Å². The van der Waals surface area contributed by atoms with Crippen LogP contribution in [0.25, 0.3) is 20.7 Å². The summed E-state index contributed by atoms with van der Waals surface area (Å²) in [6.07, 6.45) is 2.68. The van der Waals surface area contributed by atoms with E-state index >= 15 is 0 Å². The SMILES string of the molecule is C=CCn1c(SCCCC(=O)c2ccc(F)cc2)nc2scc(-c3cccs3)c2c1=O.